The lowest BCUT2D eigenvalue weighted by molar-refractivity contribution is 0.231. The summed E-state index contributed by atoms with van der Waals surface area (Å²) >= 11 is 0. The third kappa shape index (κ3) is 2.18. The molecule has 0 spiro atoms. The van der Waals surface area contributed by atoms with Gasteiger partial charge in [0.1, 0.15) is 12.0 Å². The average molecular weight is 212 g/mol. The van der Waals surface area contributed by atoms with Crippen LogP contribution in [0.1, 0.15) is 12.2 Å². The second-order valence-corrected chi connectivity index (χ2v) is 4.11. The topological polar surface area (TPSA) is 47.1 Å². The highest BCUT2D eigenvalue weighted by Gasteiger charge is 2.31. The van der Waals surface area contributed by atoms with E-state index in [0.717, 1.165) is 5.82 Å². The van der Waals surface area contributed by atoms with Gasteiger partial charge in [0.15, 0.2) is 0 Å². The first-order valence-electron chi connectivity index (χ1n) is 5.25. The molecule has 2 atom stereocenters. The third-order valence-corrected chi connectivity index (χ3v) is 3.01. The van der Waals surface area contributed by atoms with Crippen LogP contribution >= 0.6 is 0 Å². The molecule has 5 heteroatoms. The number of aromatic nitrogens is 2. The van der Waals surface area contributed by atoms with Crippen LogP contribution in [0.25, 0.3) is 0 Å². The molecule has 1 saturated heterocycles. The van der Waals surface area contributed by atoms with Crippen molar-refractivity contribution in [3.05, 3.63) is 18.2 Å². The molecule has 0 amide bonds. The first-order valence-corrected chi connectivity index (χ1v) is 5.25. The number of rotatable bonds is 3. The van der Waals surface area contributed by atoms with E-state index in [-0.39, 0.29) is 6.04 Å². The second-order valence-electron chi connectivity index (χ2n) is 4.11. The van der Waals surface area contributed by atoms with Crippen molar-refractivity contribution in [2.75, 3.05) is 13.1 Å². The Balaban J connectivity index is 2.02. The molecule has 1 aromatic rings. The average Bonchev–Trinajstić information content (AvgIpc) is 2.75. The van der Waals surface area contributed by atoms with Crippen molar-refractivity contribution in [1.29, 1.82) is 0 Å². The molecule has 0 unspecified atom stereocenters. The molecule has 2 rings (SSSR count). The summed E-state index contributed by atoms with van der Waals surface area (Å²) < 4.78 is 15.2. The zero-order valence-electron chi connectivity index (χ0n) is 8.93. The van der Waals surface area contributed by atoms with Crippen LogP contribution < -0.4 is 5.73 Å². The maximum Gasteiger partial charge on any atom is 0.122 e. The van der Waals surface area contributed by atoms with Gasteiger partial charge in [0, 0.05) is 38.6 Å². The van der Waals surface area contributed by atoms with Crippen molar-refractivity contribution < 1.29 is 4.39 Å². The number of hydrogen-bond donors (Lipinski definition) is 1. The fourth-order valence-corrected chi connectivity index (χ4v) is 2.09. The Morgan fingerprint density at radius 3 is 3.07 bits per heavy atom. The summed E-state index contributed by atoms with van der Waals surface area (Å²) in [5.74, 6) is 0.961. The Hall–Kier alpha value is -0.940. The van der Waals surface area contributed by atoms with E-state index in [4.69, 9.17) is 5.73 Å². The molecule has 0 aliphatic carbocycles. The van der Waals surface area contributed by atoms with E-state index in [1.54, 1.807) is 6.20 Å². The normalized spacial score (nSPS) is 27.4. The van der Waals surface area contributed by atoms with Gasteiger partial charge in [0.2, 0.25) is 0 Å². The number of hydrogen-bond acceptors (Lipinski definition) is 3. The van der Waals surface area contributed by atoms with Gasteiger partial charge in [-0.05, 0) is 6.42 Å². The lowest BCUT2D eigenvalue weighted by Crippen LogP contribution is -2.35. The zero-order valence-corrected chi connectivity index (χ0v) is 8.93. The SMILES string of the molecule is Cn1ccnc1CN1C[C@@H](F)C[C@H]1CN. The molecule has 84 valence electrons. The van der Waals surface area contributed by atoms with Gasteiger partial charge in [0.05, 0.1) is 6.54 Å². The van der Waals surface area contributed by atoms with Gasteiger partial charge in [-0.15, -0.1) is 0 Å². The van der Waals surface area contributed by atoms with Crippen molar-refractivity contribution in [2.45, 2.75) is 25.2 Å². The van der Waals surface area contributed by atoms with Crippen molar-refractivity contribution in [3.63, 3.8) is 0 Å². The van der Waals surface area contributed by atoms with E-state index in [2.05, 4.69) is 9.88 Å². The molecule has 4 nitrogen and oxygen atoms in total. The monoisotopic (exact) mass is 212 g/mol. The summed E-state index contributed by atoms with van der Waals surface area (Å²) in [5, 5.41) is 0. The molecule has 0 radical (unpaired) electrons. The highest BCUT2D eigenvalue weighted by atomic mass is 19.1. The van der Waals surface area contributed by atoms with E-state index in [0.29, 0.717) is 26.1 Å². The summed E-state index contributed by atoms with van der Waals surface area (Å²) in [4.78, 5) is 6.31. The number of aryl methyl sites for hydroxylation is 1. The molecule has 1 aliphatic rings. The summed E-state index contributed by atoms with van der Waals surface area (Å²) in [6, 6.07) is 0.164. The molecule has 1 aliphatic heterocycles. The Kier molecular flexibility index (Phi) is 3.02. The van der Waals surface area contributed by atoms with E-state index in [1.165, 1.54) is 0 Å². The van der Waals surface area contributed by atoms with Gasteiger partial charge in [-0.1, -0.05) is 0 Å². The van der Waals surface area contributed by atoms with Crippen LogP contribution in [0.3, 0.4) is 0 Å². The minimum absolute atomic E-state index is 0.164. The Morgan fingerprint density at radius 2 is 2.47 bits per heavy atom. The predicted molar refractivity (Wildman–Crippen MR) is 56.0 cm³/mol. The number of alkyl halides is 1. The largest absolute Gasteiger partial charge is 0.337 e. The molecule has 0 saturated carbocycles. The highest BCUT2D eigenvalue weighted by Crippen LogP contribution is 2.21. The number of likely N-dealkylation sites (tertiary alicyclic amines) is 1. The van der Waals surface area contributed by atoms with Gasteiger partial charge in [-0.3, -0.25) is 4.90 Å². The van der Waals surface area contributed by atoms with E-state index in [1.807, 2.05) is 17.8 Å². The van der Waals surface area contributed by atoms with Crippen LogP contribution in [0.5, 0.6) is 0 Å². The quantitative estimate of drug-likeness (QED) is 0.783. The van der Waals surface area contributed by atoms with E-state index < -0.39 is 6.17 Å². The van der Waals surface area contributed by atoms with Gasteiger partial charge in [0.25, 0.3) is 0 Å². The predicted octanol–water partition coefficient (Wildman–Crippen LogP) is 0.291. The fraction of sp³-hybridized carbons (Fsp3) is 0.700. The van der Waals surface area contributed by atoms with Crippen molar-refractivity contribution in [1.82, 2.24) is 14.5 Å². The van der Waals surface area contributed by atoms with Gasteiger partial charge in [-0.2, -0.15) is 0 Å². The maximum atomic E-state index is 13.2. The second kappa shape index (κ2) is 4.28. The molecule has 2 heterocycles. The first-order chi connectivity index (χ1) is 7.20. The van der Waals surface area contributed by atoms with Crippen LogP contribution in [0.4, 0.5) is 4.39 Å². The van der Waals surface area contributed by atoms with Crippen molar-refractivity contribution in [3.8, 4) is 0 Å². The van der Waals surface area contributed by atoms with Gasteiger partial charge in [-0.25, -0.2) is 9.37 Å². The Morgan fingerprint density at radius 1 is 1.67 bits per heavy atom. The standard InChI is InChI=1S/C10H17FN4/c1-14-3-2-13-10(14)7-15-6-8(11)4-9(15)5-12/h2-3,8-9H,4-7,12H2,1H3/t8-,9-/m0/s1. The Labute approximate surface area is 88.9 Å². The summed E-state index contributed by atoms with van der Waals surface area (Å²) in [6.45, 7) is 1.69. The number of halogens is 1. The molecule has 2 N–H and O–H groups in total. The maximum absolute atomic E-state index is 13.2. The lowest BCUT2D eigenvalue weighted by atomic mass is 10.2. The fourth-order valence-electron chi connectivity index (χ4n) is 2.09. The molecular formula is C10H17FN4. The number of nitrogens with two attached hydrogens (primary N) is 1. The summed E-state index contributed by atoms with van der Waals surface area (Å²) in [5.41, 5.74) is 5.62. The third-order valence-electron chi connectivity index (χ3n) is 3.01. The minimum atomic E-state index is -0.737. The Bertz CT molecular complexity index is 325. The number of nitrogens with zero attached hydrogens (tertiary/aromatic N) is 3. The molecule has 15 heavy (non-hydrogen) atoms. The van der Waals surface area contributed by atoms with Crippen molar-refractivity contribution >= 4 is 0 Å². The number of imidazole rings is 1. The lowest BCUT2D eigenvalue weighted by Gasteiger charge is -2.21. The summed E-state index contributed by atoms with van der Waals surface area (Å²) in [6.07, 6.45) is 3.48. The van der Waals surface area contributed by atoms with Gasteiger partial charge >= 0.3 is 0 Å². The van der Waals surface area contributed by atoms with Gasteiger partial charge < -0.3 is 10.3 Å². The first kappa shape index (κ1) is 10.6. The minimum Gasteiger partial charge on any atom is -0.337 e. The van der Waals surface area contributed by atoms with Crippen LogP contribution in [-0.2, 0) is 13.6 Å². The zero-order chi connectivity index (χ0) is 10.8. The van der Waals surface area contributed by atoms with E-state index >= 15 is 0 Å². The molecule has 0 aromatic carbocycles. The van der Waals surface area contributed by atoms with E-state index in [9.17, 15) is 4.39 Å². The van der Waals surface area contributed by atoms with Crippen LogP contribution in [0, 0.1) is 0 Å². The highest BCUT2D eigenvalue weighted by molar-refractivity contribution is 4.95. The molecule has 1 fully saturated rings. The van der Waals surface area contributed by atoms with Crippen LogP contribution in [0.2, 0.25) is 0 Å². The molecular weight excluding hydrogens is 195 g/mol. The smallest absolute Gasteiger partial charge is 0.122 e. The molecule has 1 aromatic heterocycles. The summed E-state index contributed by atoms with van der Waals surface area (Å²) in [7, 11) is 1.95. The molecule has 0 bridgehead atoms. The van der Waals surface area contributed by atoms with Crippen LogP contribution in [0.15, 0.2) is 12.4 Å². The van der Waals surface area contributed by atoms with Crippen LogP contribution in [-0.4, -0.2) is 39.8 Å². The van der Waals surface area contributed by atoms with Crippen molar-refractivity contribution in [2.24, 2.45) is 12.8 Å².